The van der Waals surface area contributed by atoms with Gasteiger partial charge in [0.15, 0.2) is 5.82 Å². The largest absolute Gasteiger partial charge is 0.453 e. The molecule has 9 heteroatoms. The van der Waals surface area contributed by atoms with Gasteiger partial charge in [-0.05, 0) is 19.8 Å². The Balaban J connectivity index is 1.74. The lowest BCUT2D eigenvalue weighted by molar-refractivity contribution is -0.384. The molecule has 1 N–H and O–H groups in total. The van der Waals surface area contributed by atoms with E-state index in [1.54, 1.807) is 17.0 Å². The first kappa shape index (κ1) is 18.6. The summed E-state index contributed by atoms with van der Waals surface area (Å²) in [7, 11) is 1.38. The van der Waals surface area contributed by atoms with Crippen molar-refractivity contribution in [2.75, 3.05) is 25.5 Å². The van der Waals surface area contributed by atoms with Crippen LogP contribution in [0, 0.1) is 17.0 Å². The summed E-state index contributed by atoms with van der Waals surface area (Å²) in [6, 6.07) is 8.29. The summed E-state index contributed by atoms with van der Waals surface area (Å²) in [5.74, 6) is 1.11. The number of aryl methyl sites for hydroxylation is 1. The Morgan fingerprint density at radius 1 is 1.30 bits per heavy atom. The highest BCUT2D eigenvalue weighted by Crippen LogP contribution is 2.23. The lowest BCUT2D eigenvalue weighted by atomic mass is 10.1. The summed E-state index contributed by atoms with van der Waals surface area (Å²) in [5, 5.41) is 14.4. The SMILES string of the molecule is COC(=O)N1CCC(Nc2cc(C)nc(-c3cccc([N+](=O)[O-])c3)n2)CC1. The van der Waals surface area contributed by atoms with Crippen LogP contribution in [0.2, 0.25) is 0 Å². The molecule has 9 nitrogen and oxygen atoms in total. The molecule has 1 saturated heterocycles. The number of carbonyl (C=O) groups excluding carboxylic acids is 1. The zero-order valence-electron chi connectivity index (χ0n) is 15.2. The first-order valence-electron chi connectivity index (χ1n) is 8.66. The fourth-order valence-corrected chi connectivity index (χ4v) is 3.07. The van der Waals surface area contributed by atoms with E-state index in [1.807, 2.05) is 13.0 Å². The van der Waals surface area contributed by atoms with Crippen LogP contribution >= 0.6 is 0 Å². The van der Waals surface area contributed by atoms with Crippen LogP contribution in [0.15, 0.2) is 30.3 Å². The van der Waals surface area contributed by atoms with Crippen molar-refractivity contribution in [3.8, 4) is 11.4 Å². The van der Waals surface area contributed by atoms with E-state index in [-0.39, 0.29) is 17.8 Å². The number of ether oxygens (including phenoxy) is 1. The van der Waals surface area contributed by atoms with Crippen molar-refractivity contribution in [1.29, 1.82) is 0 Å². The molecule has 1 aliphatic heterocycles. The van der Waals surface area contributed by atoms with E-state index in [1.165, 1.54) is 19.2 Å². The Morgan fingerprint density at radius 2 is 2.04 bits per heavy atom. The molecule has 0 unspecified atom stereocenters. The number of methoxy groups -OCH3 is 1. The van der Waals surface area contributed by atoms with Crippen molar-refractivity contribution in [2.24, 2.45) is 0 Å². The molecule has 1 aliphatic rings. The molecule has 3 rings (SSSR count). The second-order valence-electron chi connectivity index (χ2n) is 6.40. The number of nitrogens with zero attached hydrogens (tertiary/aromatic N) is 4. The first-order valence-corrected chi connectivity index (χ1v) is 8.66. The number of rotatable bonds is 4. The summed E-state index contributed by atoms with van der Waals surface area (Å²) in [4.78, 5) is 32.7. The van der Waals surface area contributed by atoms with Gasteiger partial charge in [0.05, 0.1) is 12.0 Å². The Hall–Kier alpha value is -3.23. The maximum atomic E-state index is 11.6. The number of nitro groups is 1. The third-order valence-electron chi connectivity index (χ3n) is 4.45. The van der Waals surface area contributed by atoms with E-state index >= 15 is 0 Å². The maximum absolute atomic E-state index is 11.6. The highest BCUT2D eigenvalue weighted by molar-refractivity contribution is 5.67. The summed E-state index contributed by atoms with van der Waals surface area (Å²) in [5.41, 5.74) is 1.36. The molecule has 1 fully saturated rings. The topological polar surface area (TPSA) is 110 Å². The quantitative estimate of drug-likeness (QED) is 0.649. The standard InChI is InChI=1S/C18H21N5O4/c1-12-10-16(20-14-6-8-22(9-7-14)18(24)27-2)21-17(19-12)13-4-3-5-15(11-13)23(25)26/h3-5,10-11,14H,6-9H2,1-2H3,(H,19,20,21). The molecular weight excluding hydrogens is 350 g/mol. The van der Waals surface area contributed by atoms with Crippen LogP contribution in [0.1, 0.15) is 18.5 Å². The van der Waals surface area contributed by atoms with Gasteiger partial charge in [-0.3, -0.25) is 10.1 Å². The van der Waals surface area contributed by atoms with Crippen LogP contribution in [0.4, 0.5) is 16.3 Å². The van der Waals surface area contributed by atoms with Gasteiger partial charge in [-0.2, -0.15) is 0 Å². The number of likely N-dealkylation sites (tertiary alicyclic amines) is 1. The molecular formula is C18H21N5O4. The van der Waals surface area contributed by atoms with Crippen molar-refractivity contribution >= 4 is 17.6 Å². The summed E-state index contributed by atoms with van der Waals surface area (Å²) < 4.78 is 4.75. The molecule has 2 heterocycles. The fourth-order valence-electron chi connectivity index (χ4n) is 3.07. The van der Waals surface area contributed by atoms with Crippen LogP contribution in [0.25, 0.3) is 11.4 Å². The van der Waals surface area contributed by atoms with Crippen LogP contribution in [0.3, 0.4) is 0 Å². The van der Waals surface area contributed by atoms with Crippen LogP contribution < -0.4 is 5.32 Å². The van der Waals surface area contributed by atoms with E-state index in [9.17, 15) is 14.9 Å². The minimum Gasteiger partial charge on any atom is -0.453 e. The predicted molar refractivity (Wildman–Crippen MR) is 99.5 cm³/mol. The molecule has 0 radical (unpaired) electrons. The normalized spacial score (nSPS) is 14.7. The average molecular weight is 371 g/mol. The second-order valence-corrected chi connectivity index (χ2v) is 6.40. The number of piperidine rings is 1. The second kappa shape index (κ2) is 7.98. The van der Waals surface area contributed by atoms with Gasteiger partial charge in [-0.15, -0.1) is 0 Å². The molecule has 142 valence electrons. The van der Waals surface area contributed by atoms with Crippen LogP contribution in [-0.4, -0.2) is 52.1 Å². The van der Waals surface area contributed by atoms with Gasteiger partial charge in [0.25, 0.3) is 5.69 Å². The van der Waals surface area contributed by atoms with Crippen molar-refractivity contribution in [3.05, 3.63) is 46.1 Å². The van der Waals surface area contributed by atoms with Crippen LogP contribution in [0.5, 0.6) is 0 Å². The number of hydrogen-bond donors (Lipinski definition) is 1. The van der Waals surface area contributed by atoms with Gasteiger partial charge in [0.2, 0.25) is 0 Å². The van der Waals surface area contributed by atoms with Crippen molar-refractivity contribution in [3.63, 3.8) is 0 Å². The number of aromatic nitrogens is 2. The minimum atomic E-state index is -0.437. The third-order valence-corrected chi connectivity index (χ3v) is 4.45. The first-order chi connectivity index (χ1) is 13.0. The van der Waals surface area contributed by atoms with Crippen molar-refractivity contribution in [1.82, 2.24) is 14.9 Å². The summed E-state index contributed by atoms with van der Waals surface area (Å²) in [6.45, 7) is 3.09. The van der Waals surface area contributed by atoms with Gasteiger partial charge in [-0.25, -0.2) is 14.8 Å². The minimum absolute atomic E-state index is 0.00213. The lowest BCUT2D eigenvalue weighted by Crippen LogP contribution is -2.42. The third kappa shape index (κ3) is 4.49. The Morgan fingerprint density at radius 3 is 2.70 bits per heavy atom. The molecule has 1 aromatic carbocycles. The predicted octanol–water partition coefficient (Wildman–Crippen LogP) is 3.00. The Kier molecular flexibility index (Phi) is 5.49. The van der Waals surface area contributed by atoms with Gasteiger partial charge in [-0.1, -0.05) is 12.1 Å². The molecule has 1 amide bonds. The number of amides is 1. The molecule has 2 aromatic rings. The molecule has 27 heavy (non-hydrogen) atoms. The molecule has 0 atom stereocenters. The van der Waals surface area contributed by atoms with Gasteiger partial charge in [0.1, 0.15) is 5.82 Å². The number of carbonyl (C=O) groups is 1. The van der Waals surface area contributed by atoms with E-state index in [2.05, 4.69) is 15.3 Å². The number of non-ortho nitro benzene ring substituents is 1. The van der Waals surface area contributed by atoms with E-state index in [0.29, 0.717) is 30.3 Å². The van der Waals surface area contributed by atoms with Crippen molar-refractivity contribution < 1.29 is 14.5 Å². The van der Waals surface area contributed by atoms with E-state index < -0.39 is 4.92 Å². The van der Waals surface area contributed by atoms with Gasteiger partial charge < -0.3 is 15.0 Å². The zero-order valence-corrected chi connectivity index (χ0v) is 15.2. The number of nitrogens with one attached hydrogen (secondary N) is 1. The van der Waals surface area contributed by atoms with Gasteiger partial charge >= 0.3 is 6.09 Å². The van der Waals surface area contributed by atoms with E-state index in [4.69, 9.17) is 4.74 Å². The molecule has 0 spiro atoms. The molecule has 0 bridgehead atoms. The molecule has 0 aliphatic carbocycles. The number of anilines is 1. The van der Waals surface area contributed by atoms with Gasteiger partial charge in [0, 0.05) is 48.6 Å². The lowest BCUT2D eigenvalue weighted by Gasteiger charge is -2.31. The average Bonchev–Trinajstić information content (AvgIpc) is 2.67. The van der Waals surface area contributed by atoms with Crippen molar-refractivity contribution in [2.45, 2.75) is 25.8 Å². The number of nitro benzene ring substituents is 1. The zero-order chi connectivity index (χ0) is 19.4. The maximum Gasteiger partial charge on any atom is 0.409 e. The van der Waals surface area contributed by atoms with Crippen LogP contribution in [-0.2, 0) is 4.74 Å². The summed E-state index contributed by atoms with van der Waals surface area (Å²) >= 11 is 0. The smallest absolute Gasteiger partial charge is 0.409 e. The summed E-state index contributed by atoms with van der Waals surface area (Å²) in [6.07, 6.45) is 1.26. The number of hydrogen-bond acceptors (Lipinski definition) is 7. The molecule has 1 aromatic heterocycles. The van der Waals surface area contributed by atoms with E-state index in [0.717, 1.165) is 18.5 Å². The number of benzene rings is 1. The monoisotopic (exact) mass is 371 g/mol. The Bertz CT molecular complexity index is 849. The fraction of sp³-hybridized carbons (Fsp3) is 0.389. The highest BCUT2D eigenvalue weighted by atomic mass is 16.6. The highest BCUT2D eigenvalue weighted by Gasteiger charge is 2.23. The Labute approximate surface area is 156 Å². The molecule has 0 saturated carbocycles.